The average molecular weight is 248 g/mol. The van der Waals surface area contributed by atoms with E-state index in [1.54, 1.807) is 0 Å². The van der Waals surface area contributed by atoms with Gasteiger partial charge in [-0.25, -0.2) is 0 Å². The SMILES string of the molecule is CC(C)Oc1ccccc1C1CCCC1C(=O)O. The summed E-state index contributed by atoms with van der Waals surface area (Å²) in [5.74, 6) is -0.0122. The molecule has 1 saturated carbocycles. The summed E-state index contributed by atoms with van der Waals surface area (Å²) in [6, 6.07) is 7.84. The molecule has 0 bridgehead atoms. The standard InChI is InChI=1S/C15H20O3/c1-10(2)18-14-9-4-3-6-12(14)11-7-5-8-13(11)15(16)17/h3-4,6,9-11,13H,5,7-8H2,1-2H3,(H,16,17). The minimum Gasteiger partial charge on any atom is -0.491 e. The van der Waals surface area contributed by atoms with Crippen LogP contribution in [0.1, 0.15) is 44.6 Å². The zero-order chi connectivity index (χ0) is 13.1. The number of ether oxygens (including phenoxy) is 1. The molecule has 1 aromatic carbocycles. The fourth-order valence-corrected chi connectivity index (χ4v) is 2.78. The fourth-order valence-electron chi connectivity index (χ4n) is 2.78. The highest BCUT2D eigenvalue weighted by Gasteiger charge is 2.35. The van der Waals surface area contributed by atoms with Crippen LogP contribution >= 0.6 is 0 Å². The van der Waals surface area contributed by atoms with E-state index in [2.05, 4.69) is 0 Å². The highest BCUT2D eigenvalue weighted by atomic mass is 16.5. The number of carboxylic acid groups (broad SMARTS) is 1. The van der Waals surface area contributed by atoms with Gasteiger partial charge in [-0.05, 0) is 38.3 Å². The first kappa shape index (κ1) is 12.9. The van der Waals surface area contributed by atoms with Crippen molar-refractivity contribution in [3.8, 4) is 5.75 Å². The molecule has 1 aromatic rings. The Balaban J connectivity index is 2.29. The molecule has 0 spiro atoms. The first-order valence-electron chi connectivity index (χ1n) is 6.58. The van der Waals surface area contributed by atoms with Gasteiger partial charge in [-0.3, -0.25) is 4.79 Å². The molecule has 3 nitrogen and oxygen atoms in total. The van der Waals surface area contributed by atoms with Crippen molar-refractivity contribution in [1.29, 1.82) is 0 Å². The van der Waals surface area contributed by atoms with E-state index in [0.29, 0.717) is 0 Å². The molecule has 18 heavy (non-hydrogen) atoms. The number of para-hydroxylation sites is 1. The summed E-state index contributed by atoms with van der Waals surface area (Å²) in [5, 5.41) is 9.28. The molecule has 1 fully saturated rings. The summed E-state index contributed by atoms with van der Waals surface area (Å²) < 4.78 is 5.79. The summed E-state index contributed by atoms with van der Waals surface area (Å²) in [5.41, 5.74) is 1.05. The molecule has 0 radical (unpaired) electrons. The van der Waals surface area contributed by atoms with Crippen LogP contribution in [0.15, 0.2) is 24.3 Å². The average Bonchev–Trinajstić information content (AvgIpc) is 2.77. The zero-order valence-corrected chi connectivity index (χ0v) is 10.9. The van der Waals surface area contributed by atoms with Gasteiger partial charge in [0.25, 0.3) is 0 Å². The van der Waals surface area contributed by atoms with Crippen molar-refractivity contribution in [2.24, 2.45) is 5.92 Å². The smallest absolute Gasteiger partial charge is 0.307 e. The molecule has 98 valence electrons. The van der Waals surface area contributed by atoms with E-state index >= 15 is 0 Å². The molecule has 0 heterocycles. The minimum atomic E-state index is -0.683. The van der Waals surface area contributed by atoms with Crippen LogP contribution < -0.4 is 4.74 Å². The molecule has 1 N–H and O–H groups in total. The molecule has 2 unspecified atom stereocenters. The maximum atomic E-state index is 11.3. The lowest BCUT2D eigenvalue weighted by Gasteiger charge is -2.21. The largest absolute Gasteiger partial charge is 0.491 e. The van der Waals surface area contributed by atoms with Crippen LogP contribution in [0.2, 0.25) is 0 Å². The van der Waals surface area contributed by atoms with Crippen LogP contribution in [0, 0.1) is 5.92 Å². The second-order valence-corrected chi connectivity index (χ2v) is 5.19. The van der Waals surface area contributed by atoms with Gasteiger partial charge < -0.3 is 9.84 Å². The molecule has 1 aliphatic carbocycles. The fraction of sp³-hybridized carbons (Fsp3) is 0.533. The van der Waals surface area contributed by atoms with E-state index in [4.69, 9.17) is 4.74 Å². The molecular formula is C15H20O3. The number of carbonyl (C=O) groups is 1. The van der Waals surface area contributed by atoms with E-state index < -0.39 is 5.97 Å². The molecule has 1 aliphatic rings. The molecular weight excluding hydrogens is 228 g/mol. The Morgan fingerprint density at radius 2 is 2.06 bits per heavy atom. The third-order valence-corrected chi connectivity index (χ3v) is 3.51. The number of aliphatic carboxylic acids is 1. The zero-order valence-electron chi connectivity index (χ0n) is 10.9. The van der Waals surface area contributed by atoms with Gasteiger partial charge in [0.15, 0.2) is 0 Å². The van der Waals surface area contributed by atoms with Crippen molar-refractivity contribution in [3.05, 3.63) is 29.8 Å². The number of carboxylic acids is 1. The van der Waals surface area contributed by atoms with Crippen LogP contribution in [0.3, 0.4) is 0 Å². The topological polar surface area (TPSA) is 46.5 Å². The van der Waals surface area contributed by atoms with Crippen LogP contribution in [-0.4, -0.2) is 17.2 Å². The number of benzene rings is 1. The van der Waals surface area contributed by atoms with Gasteiger partial charge in [0, 0.05) is 5.92 Å². The first-order valence-corrected chi connectivity index (χ1v) is 6.58. The van der Waals surface area contributed by atoms with Crippen molar-refractivity contribution in [2.75, 3.05) is 0 Å². The molecule has 3 heteroatoms. The van der Waals surface area contributed by atoms with Crippen LogP contribution in [0.5, 0.6) is 5.75 Å². The first-order chi connectivity index (χ1) is 8.59. The Morgan fingerprint density at radius 1 is 1.33 bits per heavy atom. The lowest BCUT2D eigenvalue weighted by atomic mass is 9.88. The van der Waals surface area contributed by atoms with E-state index in [9.17, 15) is 9.90 Å². The molecule has 2 rings (SSSR count). The monoisotopic (exact) mass is 248 g/mol. The highest BCUT2D eigenvalue weighted by Crippen LogP contribution is 2.43. The van der Waals surface area contributed by atoms with Crippen molar-refractivity contribution >= 4 is 5.97 Å². The van der Waals surface area contributed by atoms with Crippen molar-refractivity contribution in [2.45, 2.75) is 45.1 Å². The predicted molar refractivity (Wildman–Crippen MR) is 69.9 cm³/mol. The van der Waals surface area contributed by atoms with E-state index in [1.165, 1.54) is 0 Å². The minimum absolute atomic E-state index is 0.0949. The Morgan fingerprint density at radius 3 is 2.72 bits per heavy atom. The Bertz CT molecular complexity index is 426. The van der Waals surface area contributed by atoms with Crippen LogP contribution in [0.4, 0.5) is 0 Å². The third-order valence-electron chi connectivity index (χ3n) is 3.51. The number of rotatable bonds is 4. The second kappa shape index (κ2) is 5.42. The highest BCUT2D eigenvalue weighted by molar-refractivity contribution is 5.72. The Hall–Kier alpha value is -1.51. The van der Waals surface area contributed by atoms with Crippen molar-refractivity contribution in [3.63, 3.8) is 0 Å². The van der Waals surface area contributed by atoms with Gasteiger partial charge >= 0.3 is 5.97 Å². The maximum Gasteiger partial charge on any atom is 0.307 e. The van der Waals surface area contributed by atoms with Crippen LogP contribution in [0.25, 0.3) is 0 Å². The van der Waals surface area contributed by atoms with Gasteiger partial charge in [-0.15, -0.1) is 0 Å². The number of hydrogen-bond acceptors (Lipinski definition) is 2. The lowest BCUT2D eigenvalue weighted by molar-refractivity contribution is -0.142. The Kier molecular flexibility index (Phi) is 3.90. The van der Waals surface area contributed by atoms with Gasteiger partial charge in [0.1, 0.15) is 5.75 Å². The molecule has 0 aromatic heterocycles. The van der Waals surface area contributed by atoms with Gasteiger partial charge in [0.05, 0.1) is 12.0 Å². The summed E-state index contributed by atoms with van der Waals surface area (Å²) in [6.07, 6.45) is 2.80. The van der Waals surface area contributed by atoms with Gasteiger partial charge in [-0.1, -0.05) is 24.6 Å². The summed E-state index contributed by atoms with van der Waals surface area (Å²) in [6.45, 7) is 3.97. The second-order valence-electron chi connectivity index (χ2n) is 5.19. The maximum absolute atomic E-state index is 11.3. The predicted octanol–water partition coefficient (Wildman–Crippen LogP) is 3.44. The lowest BCUT2D eigenvalue weighted by Crippen LogP contribution is -2.18. The van der Waals surface area contributed by atoms with Gasteiger partial charge in [-0.2, -0.15) is 0 Å². The molecule has 0 amide bonds. The summed E-state index contributed by atoms with van der Waals surface area (Å²) in [4.78, 5) is 11.3. The quantitative estimate of drug-likeness (QED) is 0.887. The normalized spacial score (nSPS) is 23.3. The number of hydrogen-bond donors (Lipinski definition) is 1. The van der Waals surface area contributed by atoms with Crippen LogP contribution in [-0.2, 0) is 4.79 Å². The Labute approximate surface area is 108 Å². The van der Waals surface area contributed by atoms with Crippen molar-refractivity contribution in [1.82, 2.24) is 0 Å². The molecule has 2 atom stereocenters. The van der Waals surface area contributed by atoms with Crippen molar-refractivity contribution < 1.29 is 14.6 Å². The molecule has 0 saturated heterocycles. The van der Waals surface area contributed by atoms with E-state index in [-0.39, 0.29) is 17.9 Å². The van der Waals surface area contributed by atoms with Gasteiger partial charge in [0.2, 0.25) is 0 Å². The summed E-state index contributed by atoms with van der Waals surface area (Å²) >= 11 is 0. The third kappa shape index (κ3) is 2.66. The summed E-state index contributed by atoms with van der Waals surface area (Å²) in [7, 11) is 0. The van der Waals surface area contributed by atoms with E-state index in [0.717, 1.165) is 30.6 Å². The van der Waals surface area contributed by atoms with E-state index in [1.807, 2.05) is 38.1 Å². The molecule has 0 aliphatic heterocycles.